The number of imidazole rings is 1. The van der Waals surface area contributed by atoms with E-state index in [-0.39, 0.29) is 24.8 Å². The van der Waals surface area contributed by atoms with E-state index in [2.05, 4.69) is 9.97 Å². The molecule has 0 aromatic carbocycles. The number of nitrogens with one attached hydrogen (secondary N) is 1. The number of rotatable bonds is 4. The van der Waals surface area contributed by atoms with Crippen molar-refractivity contribution >= 4 is 11.9 Å². The number of nitrogens with two attached hydrogens (primary N) is 1. The Kier molecular flexibility index (Phi) is 4.08. The number of aromatic nitrogens is 2. The van der Waals surface area contributed by atoms with Gasteiger partial charge in [0.15, 0.2) is 0 Å². The number of aliphatic carboxylic acids is 1. The minimum atomic E-state index is -1.02. The van der Waals surface area contributed by atoms with Crippen LogP contribution in [0.25, 0.3) is 0 Å². The SMILES string of the molecule is CC(C)C[C@H](N)C(=O)N1Cc2[nH]cnc2CC1C(=O)O. The summed E-state index contributed by atoms with van der Waals surface area (Å²) < 4.78 is 0. The fourth-order valence-electron chi connectivity index (χ4n) is 2.51. The molecule has 0 fully saturated rings. The molecule has 1 aliphatic rings. The maximum atomic E-state index is 12.4. The summed E-state index contributed by atoms with van der Waals surface area (Å²) in [6, 6.07) is -1.56. The molecule has 0 saturated carbocycles. The summed E-state index contributed by atoms with van der Waals surface area (Å²) in [4.78, 5) is 32.1. The van der Waals surface area contributed by atoms with Gasteiger partial charge < -0.3 is 20.7 Å². The Labute approximate surface area is 117 Å². The standard InChI is InChI=1S/C13H20N4O3/c1-7(2)3-8(14)12(18)17-5-10-9(15-6-16-10)4-11(17)13(19)20/h6-8,11H,3-5,14H2,1-2H3,(H,15,16)(H,19,20)/t8-,11?/m0/s1. The van der Waals surface area contributed by atoms with E-state index in [4.69, 9.17) is 5.73 Å². The molecule has 0 spiro atoms. The smallest absolute Gasteiger partial charge is 0.326 e. The Morgan fingerprint density at radius 3 is 2.90 bits per heavy atom. The van der Waals surface area contributed by atoms with Crippen LogP contribution in [0.5, 0.6) is 0 Å². The largest absolute Gasteiger partial charge is 0.480 e. The minimum absolute atomic E-state index is 0.217. The molecule has 1 amide bonds. The lowest BCUT2D eigenvalue weighted by molar-refractivity contribution is -0.152. The van der Waals surface area contributed by atoms with Crippen LogP contribution >= 0.6 is 0 Å². The Morgan fingerprint density at radius 1 is 1.60 bits per heavy atom. The van der Waals surface area contributed by atoms with Gasteiger partial charge in [-0.2, -0.15) is 0 Å². The average molecular weight is 280 g/mol. The maximum Gasteiger partial charge on any atom is 0.326 e. The first kappa shape index (κ1) is 14.5. The van der Waals surface area contributed by atoms with Crippen LogP contribution in [0.15, 0.2) is 6.33 Å². The number of carbonyl (C=O) groups excluding carboxylic acids is 1. The molecule has 0 saturated heterocycles. The van der Waals surface area contributed by atoms with Gasteiger partial charge in [-0.1, -0.05) is 13.8 Å². The monoisotopic (exact) mass is 280 g/mol. The predicted octanol–water partition coefficient (Wildman–Crippen LogP) is 0.121. The quantitative estimate of drug-likeness (QED) is 0.725. The minimum Gasteiger partial charge on any atom is -0.480 e. The highest BCUT2D eigenvalue weighted by molar-refractivity contribution is 5.87. The van der Waals surface area contributed by atoms with Gasteiger partial charge in [-0.15, -0.1) is 0 Å². The summed E-state index contributed by atoms with van der Waals surface area (Å²) >= 11 is 0. The van der Waals surface area contributed by atoms with Crippen molar-refractivity contribution in [3.05, 3.63) is 17.7 Å². The molecule has 2 heterocycles. The van der Waals surface area contributed by atoms with Crippen LogP contribution in [-0.4, -0.2) is 43.9 Å². The number of hydrogen-bond acceptors (Lipinski definition) is 4. The second-order valence-electron chi connectivity index (χ2n) is 5.59. The number of hydrogen-bond donors (Lipinski definition) is 3. The van der Waals surface area contributed by atoms with Crippen LogP contribution in [0.1, 0.15) is 31.7 Å². The first-order valence-electron chi connectivity index (χ1n) is 6.70. The summed E-state index contributed by atoms with van der Waals surface area (Å²) in [6.07, 6.45) is 2.28. The number of carboxylic acids is 1. The lowest BCUT2D eigenvalue weighted by Gasteiger charge is -2.34. The van der Waals surface area contributed by atoms with Crippen molar-refractivity contribution in [2.24, 2.45) is 11.7 Å². The number of nitrogens with zero attached hydrogens (tertiary/aromatic N) is 2. The molecule has 20 heavy (non-hydrogen) atoms. The Bertz CT molecular complexity index is 511. The third kappa shape index (κ3) is 2.82. The Hall–Kier alpha value is -1.89. The maximum absolute atomic E-state index is 12.4. The molecule has 1 aromatic rings. The van der Waals surface area contributed by atoms with Gasteiger partial charge in [-0.3, -0.25) is 4.79 Å². The van der Waals surface area contributed by atoms with Gasteiger partial charge in [0.2, 0.25) is 5.91 Å². The molecule has 4 N–H and O–H groups in total. The zero-order chi connectivity index (χ0) is 14.9. The third-order valence-electron chi connectivity index (χ3n) is 3.51. The van der Waals surface area contributed by atoms with Crippen molar-refractivity contribution in [3.63, 3.8) is 0 Å². The van der Waals surface area contributed by atoms with Crippen molar-refractivity contribution in [2.75, 3.05) is 0 Å². The second kappa shape index (κ2) is 5.62. The molecule has 2 atom stereocenters. The lowest BCUT2D eigenvalue weighted by atomic mass is 9.98. The molecule has 0 bridgehead atoms. The van der Waals surface area contributed by atoms with Crippen LogP contribution in [0.2, 0.25) is 0 Å². The van der Waals surface area contributed by atoms with Crippen LogP contribution in [-0.2, 0) is 22.6 Å². The molecule has 110 valence electrons. The van der Waals surface area contributed by atoms with Crippen molar-refractivity contribution in [1.82, 2.24) is 14.9 Å². The molecular weight excluding hydrogens is 260 g/mol. The Morgan fingerprint density at radius 2 is 2.30 bits per heavy atom. The molecular formula is C13H20N4O3. The summed E-state index contributed by atoms with van der Waals surface area (Å²) in [6.45, 7) is 4.17. The van der Waals surface area contributed by atoms with Crippen molar-refractivity contribution in [2.45, 2.75) is 45.3 Å². The van der Waals surface area contributed by atoms with Gasteiger partial charge >= 0.3 is 5.97 Å². The number of carboxylic acid groups (broad SMARTS) is 1. The van der Waals surface area contributed by atoms with Crippen LogP contribution in [0, 0.1) is 5.92 Å². The number of H-pyrrole nitrogens is 1. The highest BCUT2D eigenvalue weighted by Gasteiger charge is 2.37. The van der Waals surface area contributed by atoms with E-state index in [0.717, 1.165) is 5.69 Å². The van der Waals surface area contributed by atoms with E-state index in [9.17, 15) is 14.7 Å². The highest BCUT2D eigenvalue weighted by Crippen LogP contribution is 2.22. The van der Waals surface area contributed by atoms with Gasteiger partial charge in [0.05, 0.1) is 30.3 Å². The fourth-order valence-corrected chi connectivity index (χ4v) is 2.51. The molecule has 1 aliphatic heterocycles. The molecule has 1 unspecified atom stereocenters. The number of fused-ring (bicyclic) bond motifs is 1. The molecule has 1 aromatic heterocycles. The third-order valence-corrected chi connectivity index (χ3v) is 3.51. The summed E-state index contributed by atoms with van der Waals surface area (Å²) in [7, 11) is 0. The molecule has 0 aliphatic carbocycles. The van der Waals surface area contributed by atoms with Crippen molar-refractivity contribution < 1.29 is 14.7 Å². The molecule has 7 heteroatoms. The van der Waals surface area contributed by atoms with Crippen molar-refractivity contribution in [3.8, 4) is 0 Å². The van der Waals surface area contributed by atoms with Crippen molar-refractivity contribution in [1.29, 1.82) is 0 Å². The number of carbonyl (C=O) groups is 2. The zero-order valence-corrected chi connectivity index (χ0v) is 11.7. The molecule has 0 radical (unpaired) electrons. The first-order chi connectivity index (χ1) is 9.40. The van der Waals surface area contributed by atoms with Gasteiger partial charge in [-0.25, -0.2) is 9.78 Å². The normalized spacial score (nSPS) is 19.8. The summed E-state index contributed by atoms with van der Waals surface area (Å²) in [5, 5.41) is 9.31. The van der Waals surface area contributed by atoms with Crippen LogP contribution < -0.4 is 5.73 Å². The van der Waals surface area contributed by atoms with Gasteiger partial charge in [0, 0.05) is 6.42 Å². The van der Waals surface area contributed by atoms with Gasteiger partial charge in [0.25, 0.3) is 0 Å². The highest BCUT2D eigenvalue weighted by atomic mass is 16.4. The predicted molar refractivity (Wildman–Crippen MR) is 71.7 cm³/mol. The van der Waals surface area contributed by atoms with Crippen LogP contribution in [0.4, 0.5) is 0 Å². The molecule has 2 rings (SSSR count). The average Bonchev–Trinajstić information content (AvgIpc) is 2.82. The van der Waals surface area contributed by atoms with Gasteiger partial charge in [-0.05, 0) is 12.3 Å². The van der Waals surface area contributed by atoms with E-state index < -0.39 is 18.1 Å². The lowest BCUT2D eigenvalue weighted by Crippen LogP contribution is -2.54. The van der Waals surface area contributed by atoms with E-state index in [1.165, 1.54) is 11.2 Å². The Balaban J connectivity index is 2.20. The summed E-state index contributed by atoms with van der Waals surface area (Å²) in [5.74, 6) is -1.06. The second-order valence-corrected chi connectivity index (χ2v) is 5.59. The number of aromatic amines is 1. The summed E-state index contributed by atoms with van der Waals surface area (Å²) in [5.41, 5.74) is 7.39. The zero-order valence-electron chi connectivity index (χ0n) is 11.7. The van der Waals surface area contributed by atoms with E-state index in [1.54, 1.807) is 0 Å². The van der Waals surface area contributed by atoms with E-state index >= 15 is 0 Å². The van der Waals surface area contributed by atoms with E-state index in [0.29, 0.717) is 12.1 Å². The van der Waals surface area contributed by atoms with Gasteiger partial charge in [0.1, 0.15) is 6.04 Å². The van der Waals surface area contributed by atoms with Crippen LogP contribution in [0.3, 0.4) is 0 Å². The van der Waals surface area contributed by atoms with E-state index in [1.807, 2.05) is 13.8 Å². The fraction of sp³-hybridized carbons (Fsp3) is 0.615. The first-order valence-corrected chi connectivity index (χ1v) is 6.70. The molecule has 7 nitrogen and oxygen atoms in total. The topological polar surface area (TPSA) is 112 Å². The number of amides is 1.